The van der Waals surface area contributed by atoms with E-state index in [0.717, 1.165) is 28.8 Å². The minimum absolute atomic E-state index is 0.00956. The predicted octanol–water partition coefficient (Wildman–Crippen LogP) is 3.87. The molecule has 0 aliphatic rings. The van der Waals surface area contributed by atoms with E-state index in [1.54, 1.807) is 11.1 Å². The fourth-order valence-corrected chi connectivity index (χ4v) is 3.14. The number of nitrogens with zero attached hydrogens (tertiary/aromatic N) is 3. The molecule has 0 bridgehead atoms. The molecule has 0 fully saturated rings. The van der Waals surface area contributed by atoms with Gasteiger partial charge in [0.2, 0.25) is 0 Å². The number of carbonyl (C=O) groups is 1. The zero-order valence-electron chi connectivity index (χ0n) is 15.7. The van der Waals surface area contributed by atoms with E-state index in [-0.39, 0.29) is 12.1 Å². The van der Waals surface area contributed by atoms with Gasteiger partial charge in [-0.1, -0.05) is 13.0 Å². The van der Waals surface area contributed by atoms with Gasteiger partial charge in [-0.15, -0.1) is 0 Å². The molecule has 0 unspecified atom stereocenters. The van der Waals surface area contributed by atoms with Crippen LogP contribution in [0.1, 0.15) is 41.9 Å². The first kappa shape index (κ1) is 17.9. The van der Waals surface area contributed by atoms with Crippen LogP contribution in [0.25, 0.3) is 11.0 Å². The van der Waals surface area contributed by atoms with E-state index in [0.29, 0.717) is 6.54 Å². The molecule has 6 nitrogen and oxygen atoms in total. The van der Waals surface area contributed by atoms with Crippen molar-refractivity contribution in [1.29, 1.82) is 0 Å². The summed E-state index contributed by atoms with van der Waals surface area (Å²) in [4.78, 5) is 26.3. The van der Waals surface area contributed by atoms with Crippen molar-refractivity contribution in [3.8, 4) is 0 Å². The number of aromatic amines is 1. The molecule has 0 aliphatic carbocycles. The minimum Gasteiger partial charge on any atom is -0.340 e. The largest absolute Gasteiger partial charge is 0.340 e. The van der Waals surface area contributed by atoms with Gasteiger partial charge in [-0.25, -0.2) is 9.78 Å². The van der Waals surface area contributed by atoms with Gasteiger partial charge in [0, 0.05) is 19.4 Å². The van der Waals surface area contributed by atoms with E-state index in [1.165, 1.54) is 11.1 Å². The van der Waals surface area contributed by atoms with Crippen molar-refractivity contribution in [2.24, 2.45) is 0 Å². The van der Waals surface area contributed by atoms with Crippen LogP contribution in [-0.2, 0) is 6.54 Å². The zero-order chi connectivity index (χ0) is 18.7. The number of hydrogen-bond acceptors (Lipinski definition) is 3. The average Bonchev–Trinajstić information content (AvgIpc) is 3.03. The van der Waals surface area contributed by atoms with Crippen molar-refractivity contribution in [3.63, 3.8) is 0 Å². The third kappa shape index (κ3) is 3.69. The fourth-order valence-electron chi connectivity index (χ4n) is 3.14. The summed E-state index contributed by atoms with van der Waals surface area (Å²) in [7, 11) is 1.81. The zero-order valence-corrected chi connectivity index (χ0v) is 15.7. The van der Waals surface area contributed by atoms with Gasteiger partial charge in [-0.2, -0.15) is 0 Å². The molecule has 0 saturated carbocycles. The summed E-state index contributed by atoms with van der Waals surface area (Å²) in [6.07, 6.45) is 4.36. The lowest BCUT2D eigenvalue weighted by Gasteiger charge is -2.27. The van der Waals surface area contributed by atoms with Crippen molar-refractivity contribution < 1.29 is 4.79 Å². The van der Waals surface area contributed by atoms with E-state index in [9.17, 15) is 4.79 Å². The molecule has 2 aromatic heterocycles. The number of imidazole rings is 1. The Morgan fingerprint density at radius 3 is 2.77 bits per heavy atom. The molecule has 1 aromatic carbocycles. The molecular formula is C20H25N5O. The maximum Gasteiger partial charge on any atom is 0.318 e. The van der Waals surface area contributed by atoms with Gasteiger partial charge >= 0.3 is 6.03 Å². The second kappa shape index (κ2) is 7.56. The highest BCUT2D eigenvalue weighted by Gasteiger charge is 2.20. The first-order valence-corrected chi connectivity index (χ1v) is 8.86. The second-order valence-electron chi connectivity index (χ2n) is 6.62. The molecule has 1 atom stereocenters. The number of nitrogens with one attached hydrogen (secondary N) is 2. The molecule has 0 spiro atoms. The Balaban J connectivity index is 1.68. The van der Waals surface area contributed by atoms with Gasteiger partial charge < -0.3 is 15.2 Å². The number of carbonyl (C=O) groups excluding carboxylic acids is 1. The molecule has 136 valence electrons. The monoisotopic (exact) mass is 351 g/mol. The summed E-state index contributed by atoms with van der Waals surface area (Å²) >= 11 is 0. The highest BCUT2D eigenvalue weighted by molar-refractivity contribution is 5.77. The first-order chi connectivity index (χ1) is 12.5. The maximum atomic E-state index is 12.6. The minimum atomic E-state index is -0.131. The summed E-state index contributed by atoms with van der Waals surface area (Å²) in [5.74, 6) is 0.751. The number of rotatable bonds is 5. The second-order valence-corrected chi connectivity index (χ2v) is 6.62. The number of hydrogen-bond donors (Lipinski definition) is 2. The molecule has 3 rings (SSSR count). The Bertz CT molecular complexity index is 864. The van der Waals surface area contributed by atoms with Gasteiger partial charge in [-0.05, 0) is 55.2 Å². The number of benzene rings is 1. The highest BCUT2D eigenvalue weighted by atomic mass is 16.2. The van der Waals surface area contributed by atoms with Crippen molar-refractivity contribution in [3.05, 3.63) is 59.2 Å². The van der Waals surface area contributed by atoms with Gasteiger partial charge in [0.15, 0.2) is 0 Å². The van der Waals surface area contributed by atoms with Crippen molar-refractivity contribution in [2.45, 2.75) is 39.8 Å². The van der Waals surface area contributed by atoms with E-state index < -0.39 is 0 Å². The Labute approximate surface area is 153 Å². The summed E-state index contributed by atoms with van der Waals surface area (Å²) < 4.78 is 0. The SMILES string of the molecule is CC[C@@H](c1cccnc1)N(C)C(=O)NCc1nc2cc(C)c(C)cc2[nH]1. The first-order valence-electron chi connectivity index (χ1n) is 8.86. The Kier molecular flexibility index (Phi) is 5.21. The third-order valence-corrected chi connectivity index (χ3v) is 4.80. The fraction of sp³-hybridized carbons (Fsp3) is 0.350. The molecule has 0 aliphatic heterocycles. The van der Waals surface area contributed by atoms with Crippen LogP contribution < -0.4 is 5.32 Å². The molecule has 26 heavy (non-hydrogen) atoms. The predicted molar refractivity (Wildman–Crippen MR) is 103 cm³/mol. The molecule has 2 N–H and O–H groups in total. The number of pyridine rings is 1. The van der Waals surface area contributed by atoms with Crippen LogP contribution in [0.3, 0.4) is 0 Å². The Morgan fingerprint density at radius 2 is 2.08 bits per heavy atom. The van der Waals surface area contributed by atoms with Crippen LogP contribution in [0.4, 0.5) is 4.79 Å². The molecule has 0 radical (unpaired) electrons. The lowest BCUT2D eigenvalue weighted by atomic mass is 10.1. The molecule has 6 heteroatoms. The number of fused-ring (bicyclic) bond motifs is 1. The maximum absolute atomic E-state index is 12.6. The molecule has 0 saturated heterocycles. The van der Waals surface area contributed by atoms with Gasteiger partial charge in [-0.3, -0.25) is 4.98 Å². The summed E-state index contributed by atoms with van der Waals surface area (Å²) in [5.41, 5.74) is 5.38. The number of H-pyrrole nitrogens is 1. The molecule has 3 aromatic rings. The van der Waals surface area contributed by atoms with Crippen LogP contribution in [-0.4, -0.2) is 32.9 Å². The molecule has 2 amide bonds. The number of amides is 2. The van der Waals surface area contributed by atoms with Gasteiger partial charge in [0.05, 0.1) is 23.6 Å². The van der Waals surface area contributed by atoms with Crippen LogP contribution in [0.5, 0.6) is 0 Å². The lowest BCUT2D eigenvalue weighted by molar-refractivity contribution is 0.188. The van der Waals surface area contributed by atoms with Crippen LogP contribution in [0.15, 0.2) is 36.7 Å². The van der Waals surface area contributed by atoms with E-state index >= 15 is 0 Å². The normalized spacial score (nSPS) is 12.2. The number of urea groups is 1. The lowest BCUT2D eigenvalue weighted by Crippen LogP contribution is -2.39. The van der Waals surface area contributed by atoms with Gasteiger partial charge in [0.1, 0.15) is 5.82 Å². The Hall–Kier alpha value is -2.89. The van der Waals surface area contributed by atoms with Crippen molar-refractivity contribution in [1.82, 2.24) is 25.2 Å². The van der Waals surface area contributed by atoms with Gasteiger partial charge in [0.25, 0.3) is 0 Å². The number of aryl methyl sites for hydroxylation is 2. The highest BCUT2D eigenvalue weighted by Crippen LogP contribution is 2.22. The smallest absolute Gasteiger partial charge is 0.318 e. The average molecular weight is 351 g/mol. The van der Waals surface area contributed by atoms with E-state index in [2.05, 4.69) is 53.2 Å². The molecule has 2 heterocycles. The molecular weight excluding hydrogens is 326 g/mol. The third-order valence-electron chi connectivity index (χ3n) is 4.80. The van der Waals surface area contributed by atoms with E-state index in [4.69, 9.17) is 0 Å². The number of aromatic nitrogens is 3. The Morgan fingerprint density at radius 1 is 1.31 bits per heavy atom. The summed E-state index contributed by atoms with van der Waals surface area (Å²) in [6.45, 7) is 6.57. The van der Waals surface area contributed by atoms with E-state index in [1.807, 2.05) is 25.4 Å². The summed E-state index contributed by atoms with van der Waals surface area (Å²) in [5, 5.41) is 2.95. The van der Waals surface area contributed by atoms with Crippen LogP contribution in [0.2, 0.25) is 0 Å². The standard InChI is InChI=1S/C20H25N5O/c1-5-18(15-7-6-8-21-11-15)25(4)20(26)22-12-19-23-16-9-13(2)14(3)10-17(16)24-19/h6-11,18H,5,12H2,1-4H3,(H,22,26)(H,23,24)/t18-/m0/s1. The topological polar surface area (TPSA) is 73.9 Å². The quantitative estimate of drug-likeness (QED) is 0.733. The van der Waals surface area contributed by atoms with Crippen LogP contribution in [0, 0.1) is 13.8 Å². The van der Waals surface area contributed by atoms with Crippen LogP contribution >= 0.6 is 0 Å². The summed E-state index contributed by atoms with van der Waals surface area (Å²) in [6, 6.07) is 7.90. The van der Waals surface area contributed by atoms with Crippen molar-refractivity contribution >= 4 is 17.1 Å². The van der Waals surface area contributed by atoms with Crippen molar-refractivity contribution in [2.75, 3.05) is 7.05 Å².